The van der Waals surface area contributed by atoms with Crippen molar-refractivity contribution < 1.29 is 14.3 Å². The average molecular weight is 412 g/mol. The summed E-state index contributed by atoms with van der Waals surface area (Å²) in [7, 11) is 0. The Bertz CT molecular complexity index is 1120. The molecule has 1 N–H and O–H groups in total. The van der Waals surface area contributed by atoms with E-state index in [-0.39, 0.29) is 24.1 Å². The highest BCUT2D eigenvalue weighted by Gasteiger charge is 2.39. The summed E-state index contributed by atoms with van der Waals surface area (Å²) in [6.45, 7) is 4.73. The molecule has 0 spiro atoms. The van der Waals surface area contributed by atoms with E-state index in [1.807, 2.05) is 92.7 Å². The molecule has 2 amide bonds. The van der Waals surface area contributed by atoms with Crippen molar-refractivity contribution >= 4 is 23.1 Å². The Morgan fingerprint density at radius 1 is 0.839 bits per heavy atom. The van der Waals surface area contributed by atoms with Gasteiger partial charge in [-0.3, -0.25) is 14.5 Å². The zero-order valence-corrected chi connectivity index (χ0v) is 17.6. The van der Waals surface area contributed by atoms with Gasteiger partial charge in [0.15, 0.2) is 0 Å². The lowest BCUT2D eigenvalue weighted by Crippen LogP contribution is -2.32. The van der Waals surface area contributed by atoms with Crippen molar-refractivity contribution in [1.82, 2.24) is 4.90 Å². The van der Waals surface area contributed by atoms with E-state index in [1.165, 1.54) is 4.90 Å². The summed E-state index contributed by atoms with van der Waals surface area (Å²) >= 11 is 0. The predicted octanol–water partition coefficient (Wildman–Crippen LogP) is 4.79. The Hall–Kier alpha value is -3.86. The molecule has 0 saturated carbocycles. The number of nitrogens with one attached hydrogen (secondary N) is 1. The van der Waals surface area contributed by atoms with Gasteiger partial charge in [-0.25, -0.2) is 0 Å². The Kier molecular flexibility index (Phi) is 5.85. The third-order valence-corrected chi connectivity index (χ3v) is 5.13. The highest BCUT2D eigenvalue weighted by molar-refractivity contribution is 6.36. The van der Waals surface area contributed by atoms with Crippen LogP contribution in [-0.2, 0) is 16.1 Å². The number of aryl methyl sites for hydroxylation is 1. The van der Waals surface area contributed by atoms with Gasteiger partial charge in [-0.1, -0.05) is 60.2 Å². The maximum absolute atomic E-state index is 13.3. The van der Waals surface area contributed by atoms with E-state index in [4.69, 9.17) is 4.74 Å². The number of carbonyl (C=O) groups is 2. The summed E-state index contributed by atoms with van der Waals surface area (Å²) in [6.07, 6.45) is 0. The number of benzene rings is 3. The van der Waals surface area contributed by atoms with Crippen molar-refractivity contribution in [2.75, 3.05) is 11.9 Å². The molecule has 0 fully saturated rings. The number of hydrogen-bond acceptors (Lipinski definition) is 4. The van der Waals surface area contributed by atoms with Gasteiger partial charge in [0.05, 0.1) is 18.7 Å². The average Bonchev–Trinajstić information content (AvgIpc) is 3.01. The van der Waals surface area contributed by atoms with Crippen molar-refractivity contribution in [2.45, 2.75) is 20.4 Å². The fourth-order valence-corrected chi connectivity index (χ4v) is 3.53. The van der Waals surface area contributed by atoms with Crippen LogP contribution in [0.4, 0.5) is 5.69 Å². The van der Waals surface area contributed by atoms with Crippen LogP contribution in [0.3, 0.4) is 0 Å². The quantitative estimate of drug-likeness (QED) is 0.567. The first-order valence-electron chi connectivity index (χ1n) is 10.3. The molecule has 31 heavy (non-hydrogen) atoms. The van der Waals surface area contributed by atoms with Crippen molar-refractivity contribution in [1.29, 1.82) is 0 Å². The van der Waals surface area contributed by atoms with Gasteiger partial charge < -0.3 is 10.1 Å². The summed E-state index contributed by atoms with van der Waals surface area (Å²) in [6, 6.07) is 24.5. The van der Waals surface area contributed by atoms with Crippen molar-refractivity contribution in [3.63, 3.8) is 0 Å². The van der Waals surface area contributed by atoms with E-state index in [0.29, 0.717) is 23.4 Å². The van der Waals surface area contributed by atoms with Gasteiger partial charge >= 0.3 is 0 Å². The van der Waals surface area contributed by atoms with Crippen LogP contribution < -0.4 is 10.1 Å². The van der Waals surface area contributed by atoms with E-state index >= 15 is 0 Å². The minimum absolute atomic E-state index is 0.225. The molecule has 1 aliphatic heterocycles. The zero-order chi connectivity index (χ0) is 21.8. The van der Waals surface area contributed by atoms with Gasteiger partial charge in [-0.2, -0.15) is 0 Å². The summed E-state index contributed by atoms with van der Waals surface area (Å²) in [5.74, 6) is 0.114. The standard InChI is InChI=1S/C26H24N2O3/c1-3-31-22-15-13-21(14-16-22)27-24-23(20-7-5-4-6-8-20)25(29)28(26(24)30)17-19-11-9-18(2)10-12-19/h4-16,27H,3,17H2,1-2H3. The molecule has 0 aliphatic carbocycles. The highest BCUT2D eigenvalue weighted by Crippen LogP contribution is 2.31. The third kappa shape index (κ3) is 4.36. The van der Waals surface area contributed by atoms with Crippen molar-refractivity contribution in [3.8, 4) is 5.75 Å². The van der Waals surface area contributed by atoms with Crippen molar-refractivity contribution in [3.05, 3.63) is 101 Å². The Morgan fingerprint density at radius 3 is 2.16 bits per heavy atom. The van der Waals surface area contributed by atoms with E-state index in [1.54, 1.807) is 0 Å². The molecule has 5 heteroatoms. The number of hydrogen-bond donors (Lipinski definition) is 1. The molecule has 156 valence electrons. The highest BCUT2D eigenvalue weighted by atomic mass is 16.5. The molecule has 3 aromatic carbocycles. The number of ether oxygens (including phenoxy) is 1. The molecular weight excluding hydrogens is 388 g/mol. The molecule has 1 aliphatic rings. The minimum atomic E-state index is -0.335. The Balaban J connectivity index is 1.67. The molecule has 5 nitrogen and oxygen atoms in total. The Morgan fingerprint density at radius 2 is 1.52 bits per heavy atom. The third-order valence-electron chi connectivity index (χ3n) is 5.13. The number of carbonyl (C=O) groups excluding carboxylic acids is 2. The van der Waals surface area contributed by atoms with Crippen molar-refractivity contribution in [2.24, 2.45) is 0 Å². The molecule has 0 saturated heterocycles. The normalized spacial score (nSPS) is 13.7. The molecule has 4 rings (SSSR count). The maximum atomic E-state index is 13.3. The zero-order valence-electron chi connectivity index (χ0n) is 17.6. The fraction of sp³-hybridized carbons (Fsp3) is 0.154. The fourth-order valence-electron chi connectivity index (χ4n) is 3.53. The SMILES string of the molecule is CCOc1ccc(NC2=C(c3ccccc3)C(=O)N(Cc3ccc(C)cc3)C2=O)cc1. The largest absolute Gasteiger partial charge is 0.494 e. The van der Waals surface area contributed by atoms with E-state index in [9.17, 15) is 9.59 Å². The molecule has 0 atom stereocenters. The molecule has 0 bridgehead atoms. The second kappa shape index (κ2) is 8.88. The van der Waals surface area contributed by atoms with Crippen LogP contribution in [0, 0.1) is 6.92 Å². The van der Waals surface area contributed by atoms with Crippen LogP contribution >= 0.6 is 0 Å². The summed E-state index contributed by atoms with van der Waals surface area (Å²) < 4.78 is 5.48. The lowest BCUT2D eigenvalue weighted by molar-refractivity contribution is -0.137. The molecule has 1 heterocycles. The second-order valence-corrected chi connectivity index (χ2v) is 7.38. The lowest BCUT2D eigenvalue weighted by Gasteiger charge is -2.15. The first kappa shape index (κ1) is 20.4. The van der Waals surface area contributed by atoms with Crippen LogP contribution in [-0.4, -0.2) is 23.3 Å². The minimum Gasteiger partial charge on any atom is -0.494 e. The maximum Gasteiger partial charge on any atom is 0.278 e. The van der Waals surface area contributed by atoms with Crippen LogP contribution in [0.15, 0.2) is 84.6 Å². The number of rotatable bonds is 7. The van der Waals surface area contributed by atoms with Gasteiger partial charge in [0.25, 0.3) is 11.8 Å². The molecular formula is C26H24N2O3. The van der Waals surface area contributed by atoms with Gasteiger partial charge in [-0.15, -0.1) is 0 Å². The lowest BCUT2D eigenvalue weighted by atomic mass is 10.0. The van der Waals surface area contributed by atoms with Gasteiger partial charge in [0.1, 0.15) is 11.4 Å². The molecule has 3 aromatic rings. The topological polar surface area (TPSA) is 58.6 Å². The smallest absolute Gasteiger partial charge is 0.278 e. The predicted molar refractivity (Wildman–Crippen MR) is 121 cm³/mol. The van der Waals surface area contributed by atoms with Crippen LogP contribution in [0.5, 0.6) is 5.75 Å². The Labute approximate surface area is 182 Å². The number of amides is 2. The van der Waals surface area contributed by atoms with Crippen LogP contribution in [0.1, 0.15) is 23.6 Å². The van der Waals surface area contributed by atoms with Gasteiger partial charge in [0, 0.05) is 5.69 Å². The number of nitrogens with zero attached hydrogens (tertiary/aromatic N) is 1. The van der Waals surface area contributed by atoms with Gasteiger partial charge in [-0.05, 0) is 49.2 Å². The first-order valence-corrected chi connectivity index (χ1v) is 10.3. The molecule has 0 unspecified atom stereocenters. The summed E-state index contributed by atoms with van der Waals surface area (Å²) in [5.41, 5.74) is 4.12. The van der Waals surface area contributed by atoms with Crippen LogP contribution in [0.25, 0.3) is 5.57 Å². The molecule has 0 aromatic heterocycles. The van der Waals surface area contributed by atoms with Gasteiger partial charge in [0.2, 0.25) is 0 Å². The van der Waals surface area contributed by atoms with E-state index in [2.05, 4.69) is 5.32 Å². The monoisotopic (exact) mass is 412 g/mol. The molecule has 0 radical (unpaired) electrons. The number of anilines is 1. The number of imide groups is 1. The summed E-state index contributed by atoms with van der Waals surface area (Å²) in [5, 5.41) is 3.18. The summed E-state index contributed by atoms with van der Waals surface area (Å²) in [4.78, 5) is 27.9. The second-order valence-electron chi connectivity index (χ2n) is 7.38. The first-order chi connectivity index (χ1) is 15.1. The van der Waals surface area contributed by atoms with E-state index < -0.39 is 0 Å². The van der Waals surface area contributed by atoms with Crippen LogP contribution in [0.2, 0.25) is 0 Å². The van der Waals surface area contributed by atoms with E-state index in [0.717, 1.165) is 16.9 Å².